The molecule has 1 aliphatic rings. The van der Waals surface area contributed by atoms with Gasteiger partial charge in [0.2, 0.25) is 5.91 Å². The Morgan fingerprint density at radius 2 is 2.00 bits per heavy atom. The lowest BCUT2D eigenvalue weighted by atomic mass is 10.4. The van der Waals surface area contributed by atoms with E-state index >= 15 is 0 Å². The van der Waals surface area contributed by atoms with Crippen molar-refractivity contribution in [1.29, 1.82) is 0 Å². The Balaban J connectivity index is 2.35. The lowest BCUT2D eigenvalue weighted by Crippen LogP contribution is -2.27. The highest BCUT2D eigenvalue weighted by Crippen LogP contribution is 2.23. The van der Waals surface area contributed by atoms with Crippen LogP contribution < -0.4 is 0 Å². The van der Waals surface area contributed by atoms with E-state index in [1.54, 1.807) is 11.8 Å². The third-order valence-electron chi connectivity index (χ3n) is 2.03. The molecular formula is C9H17NO3. The predicted molar refractivity (Wildman–Crippen MR) is 48.2 cm³/mol. The van der Waals surface area contributed by atoms with Gasteiger partial charge in [-0.15, -0.1) is 0 Å². The first-order valence-corrected chi connectivity index (χ1v) is 4.71. The molecule has 0 bridgehead atoms. The second-order valence-corrected chi connectivity index (χ2v) is 3.02. The van der Waals surface area contributed by atoms with Crippen molar-refractivity contribution in [2.24, 2.45) is 0 Å². The summed E-state index contributed by atoms with van der Waals surface area (Å²) in [5.41, 5.74) is 0. The third-order valence-corrected chi connectivity index (χ3v) is 2.03. The van der Waals surface area contributed by atoms with Gasteiger partial charge in [0.1, 0.15) is 6.04 Å². The minimum absolute atomic E-state index is 0.0920. The van der Waals surface area contributed by atoms with E-state index in [2.05, 4.69) is 0 Å². The van der Waals surface area contributed by atoms with Gasteiger partial charge in [-0.25, -0.2) is 0 Å². The van der Waals surface area contributed by atoms with E-state index in [4.69, 9.17) is 9.47 Å². The van der Waals surface area contributed by atoms with Gasteiger partial charge in [-0.05, 0) is 13.8 Å². The van der Waals surface area contributed by atoms with Gasteiger partial charge in [-0.3, -0.25) is 4.79 Å². The summed E-state index contributed by atoms with van der Waals surface area (Å²) >= 11 is 0. The number of hydrogen-bond donors (Lipinski definition) is 0. The maximum absolute atomic E-state index is 10.9. The first kappa shape index (κ1) is 10.5. The minimum atomic E-state index is -0.237. The SMILES string of the molecule is CCOC(OCC)[C@H]1CN1C(C)=O. The third kappa shape index (κ3) is 2.67. The Morgan fingerprint density at radius 3 is 2.31 bits per heavy atom. The number of carbonyl (C=O) groups is 1. The smallest absolute Gasteiger partial charge is 0.220 e. The van der Waals surface area contributed by atoms with Crippen molar-refractivity contribution in [2.45, 2.75) is 33.1 Å². The van der Waals surface area contributed by atoms with Crippen molar-refractivity contribution >= 4 is 5.91 Å². The summed E-state index contributed by atoms with van der Waals surface area (Å²) in [5, 5.41) is 0. The van der Waals surface area contributed by atoms with Crippen LogP contribution in [-0.4, -0.2) is 42.9 Å². The van der Waals surface area contributed by atoms with Crippen molar-refractivity contribution in [1.82, 2.24) is 4.90 Å². The molecule has 1 saturated heterocycles. The number of nitrogens with zero attached hydrogens (tertiary/aromatic N) is 1. The lowest BCUT2D eigenvalue weighted by molar-refractivity contribution is -0.147. The molecule has 1 fully saturated rings. The molecule has 1 amide bonds. The molecule has 1 heterocycles. The molecular weight excluding hydrogens is 170 g/mol. The second-order valence-electron chi connectivity index (χ2n) is 3.02. The highest BCUT2D eigenvalue weighted by molar-refractivity contribution is 5.76. The number of ether oxygens (including phenoxy) is 2. The van der Waals surface area contributed by atoms with E-state index in [9.17, 15) is 4.79 Å². The summed E-state index contributed by atoms with van der Waals surface area (Å²) in [5.74, 6) is 0.0920. The highest BCUT2D eigenvalue weighted by Gasteiger charge is 2.43. The normalized spacial score (nSPS) is 20.9. The first-order valence-electron chi connectivity index (χ1n) is 4.71. The summed E-state index contributed by atoms with van der Waals surface area (Å²) in [6.07, 6.45) is -0.237. The van der Waals surface area contributed by atoms with Crippen LogP contribution in [0.4, 0.5) is 0 Å². The van der Waals surface area contributed by atoms with E-state index in [1.165, 1.54) is 0 Å². The maximum Gasteiger partial charge on any atom is 0.220 e. The van der Waals surface area contributed by atoms with Gasteiger partial charge in [0.25, 0.3) is 0 Å². The van der Waals surface area contributed by atoms with Crippen molar-refractivity contribution in [3.05, 3.63) is 0 Å². The zero-order chi connectivity index (χ0) is 9.84. The molecule has 1 atom stereocenters. The molecule has 4 nitrogen and oxygen atoms in total. The number of amides is 1. The minimum Gasteiger partial charge on any atom is -0.351 e. The summed E-state index contributed by atoms with van der Waals surface area (Å²) < 4.78 is 10.7. The van der Waals surface area contributed by atoms with Crippen LogP contribution in [0.25, 0.3) is 0 Å². The Morgan fingerprint density at radius 1 is 1.46 bits per heavy atom. The summed E-state index contributed by atoms with van der Waals surface area (Å²) in [6, 6.07) is 0.136. The summed E-state index contributed by atoms with van der Waals surface area (Å²) in [7, 11) is 0. The van der Waals surface area contributed by atoms with Gasteiger partial charge in [0.05, 0.1) is 0 Å². The quantitative estimate of drug-likeness (QED) is 0.467. The second kappa shape index (κ2) is 4.58. The average molecular weight is 187 g/mol. The van der Waals surface area contributed by atoms with E-state index in [-0.39, 0.29) is 18.2 Å². The van der Waals surface area contributed by atoms with Gasteiger partial charge in [-0.1, -0.05) is 0 Å². The molecule has 0 aliphatic carbocycles. The molecule has 0 aromatic rings. The molecule has 0 unspecified atom stereocenters. The Hall–Kier alpha value is -0.610. The zero-order valence-electron chi connectivity index (χ0n) is 8.45. The lowest BCUT2D eigenvalue weighted by Gasteiger charge is -2.16. The van der Waals surface area contributed by atoms with Gasteiger partial charge in [-0.2, -0.15) is 0 Å². The zero-order valence-corrected chi connectivity index (χ0v) is 8.45. The first-order chi connectivity index (χ1) is 6.20. The molecule has 0 spiro atoms. The van der Waals surface area contributed by atoms with Crippen molar-refractivity contribution in [3.63, 3.8) is 0 Å². The number of carbonyl (C=O) groups excluding carboxylic acids is 1. The fourth-order valence-corrected chi connectivity index (χ4v) is 1.35. The van der Waals surface area contributed by atoms with E-state index in [1.807, 2.05) is 13.8 Å². The van der Waals surface area contributed by atoms with Gasteiger partial charge < -0.3 is 14.4 Å². The van der Waals surface area contributed by atoms with Gasteiger partial charge in [0, 0.05) is 26.7 Å². The Kier molecular flexibility index (Phi) is 3.69. The summed E-state index contributed by atoms with van der Waals surface area (Å²) in [4.78, 5) is 12.7. The molecule has 0 aromatic carbocycles. The summed E-state index contributed by atoms with van der Waals surface area (Å²) in [6.45, 7) is 7.41. The van der Waals surface area contributed by atoms with Crippen LogP contribution in [0.3, 0.4) is 0 Å². The van der Waals surface area contributed by atoms with E-state index < -0.39 is 0 Å². The number of hydrogen-bond acceptors (Lipinski definition) is 3. The van der Waals surface area contributed by atoms with Gasteiger partial charge >= 0.3 is 0 Å². The largest absolute Gasteiger partial charge is 0.351 e. The predicted octanol–water partition coefficient (Wildman–Crippen LogP) is 0.616. The van der Waals surface area contributed by atoms with E-state index in [0.29, 0.717) is 13.2 Å². The van der Waals surface area contributed by atoms with Crippen LogP contribution in [0.15, 0.2) is 0 Å². The van der Waals surface area contributed by atoms with Crippen molar-refractivity contribution in [3.8, 4) is 0 Å². The standard InChI is InChI=1S/C9H17NO3/c1-4-12-9(13-5-2)8-6-10(8)7(3)11/h8-9H,4-6H2,1-3H3/t8-,10?/m1/s1. The van der Waals surface area contributed by atoms with Gasteiger partial charge in [0.15, 0.2) is 6.29 Å². The molecule has 1 aliphatic heterocycles. The van der Waals surface area contributed by atoms with Crippen LogP contribution in [0.2, 0.25) is 0 Å². The van der Waals surface area contributed by atoms with E-state index in [0.717, 1.165) is 6.54 Å². The van der Waals surface area contributed by atoms with Crippen LogP contribution in [-0.2, 0) is 14.3 Å². The van der Waals surface area contributed by atoms with Crippen LogP contribution in [0, 0.1) is 0 Å². The monoisotopic (exact) mass is 187 g/mol. The van der Waals surface area contributed by atoms with Crippen LogP contribution in [0.1, 0.15) is 20.8 Å². The fraction of sp³-hybridized carbons (Fsp3) is 0.889. The molecule has 76 valence electrons. The Labute approximate surface area is 78.8 Å². The van der Waals surface area contributed by atoms with Crippen molar-refractivity contribution in [2.75, 3.05) is 19.8 Å². The topological polar surface area (TPSA) is 38.5 Å². The highest BCUT2D eigenvalue weighted by atomic mass is 16.7. The average Bonchev–Trinajstić information content (AvgIpc) is 2.82. The van der Waals surface area contributed by atoms with Crippen LogP contribution in [0.5, 0.6) is 0 Å². The molecule has 1 rings (SSSR count). The molecule has 0 aromatic heterocycles. The molecule has 0 saturated carbocycles. The number of rotatable bonds is 5. The molecule has 0 radical (unpaired) electrons. The maximum atomic E-state index is 10.9. The Bertz CT molecular complexity index is 178. The van der Waals surface area contributed by atoms with Crippen LogP contribution >= 0.6 is 0 Å². The molecule has 13 heavy (non-hydrogen) atoms. The fourth-order valence-electron chi connectivity index (χ4n) is 1.35. The molecule has 0 N–H and O–H groups in total. The van der Waals surface area contributed by atoms with Crippen molar-refractivity contribution < 1.29 is 14.3 Å². The molecule has 4 heteroatoms.